The van der Waals surface area contributed by atoms with E-state index in [2.05, 4.69) is 19.2 Å². The molecule has 1 atom stereocenters. The largest absolute Gasteiger partial charge is 0.345 e. The van der Waals surface area contributed by atoms with Gasteiger partial charge in [0.1, 0.15) is 0 Å². The summed E-state index contributed by atoms with van der Waals surface area (Å²) < 4.78 is 25.3. The monoisotopic (exact) mass is 438 g/mol. The van der Waals surface area contributed by atoms with Crippen molar-refractivity contribution in [1.29, 1.82) is 0 Å². The van der Waals surface area contributed by atoms with Gasteiger partial charge in [0.05, 0.1) is 18.0 Å². The van der Waals surface area contributed by atoms with Crippen molar-refractivity contribution in [2.24, 2.45) is 5.92 Å². The molecular weight excluding hydrogens is 412 g/mol. The van der Waals surface area contributed by atoms with Gasteiger partial charge in [-0.1, -0.05) is 42.0 Å². The van der Waals surface area contributed by atoms with Crippen molar-refractivity contribution in [3.05, 3.63) is 64.7 Å². The number of hydrogen-bond donors (Lipinski definition) is 1. The van der Waals surface area contributed by atoms with E-state index >= 15 is 0 Å². The molecule has 29 heavy (non-hydrogen) atoms. The van der Waals surface area contributed by atoms with Gasteiger partial charge in [0.25, 0.3) is 15.9 Å². The molecule has 0 aliphatic heterocycles. The van der Waals surface area contributed by atoms with Crippen LogP contribution >= 0.6 is 11.6 Å². The van der Waals surface area contributed by atoms with Crippen LogP contribution in [0.3, 0.4) is 0 Å². The van der Waals surface area contributed by atoms with Gasteiger partial charge < -0.3 is 5.32 Å². The highest BCUT2D eigenvalue weighted by Gasteiger charge is 2.22. The van der Waals surface area contributed by atoms with Crippen molar-refractivity contribution in [2.75, 3.05) is 14.2 Å². The molecule has 1 amide bonds. The standard InChI is InChI=1S/C21H27ClN2O4S/c1-15(2)5-14-20(16-6-10-18(22)11-7-16)23-21(25)17-8-12-19(13-9-17)29(26,27)24(3)28-4/h6-13,15,20H,5,14H2,1-4H3,(H,23,25). The van der Waals surface area contributed by atoms with E-state index in [0.29, 0.717) is 16.5 Å². The minimum atomic E-state index is -3.75. The Bertz CT molecular complexity index is 913. The zero-order chi connectivity index (χ0) is 21.6. The number of carbonyl (C=O) groups excluding carboxylic acids is 1. The maximum atomic E-state index is 12.8. The third kappa shape index (κ3) is 6.27. The molecule has 0 heterocycles. The fourth-order valence-electron chi connectivity index (χ4n) is 2.78. The number of hydroxylamine groups is 1. The Morgan fingerprint density at radius 2 is 1.66 bits per heavy atom. The van der Waals surface area contributed by atoms with Gasteiger partial charge >= 0.3 is 0 Å². The van der Waals surface area contributed by atoms with Crippen LogP contribution in [-0.4, -0.2) is 33.0 Å². The van der Waals surface area contributed by atoms with Gasteiger partial charge in [0.2, 0.25) is 0 Å². The summed E-state index contributed by atoms with van der Waals surface area (Å²) >= 11 is 5.98. The van der Waals surface area contributed by atoms with Crippen LogP contribution in [0.25, 0.3) is 0 Å². The molecule has 0 aromatic heterocycles. The van der Waals surface area contributed by atoms with Crippen molar-refractivity contribution in [3.8, 4) is 0 Å². The minimum absolute atomic E-state index is 0.0486. The highest BCUT2D eigenvalue weighted by Crippen LogP contribution is 2.24. The average molecular weight is 439 g/mol. The van der Waals surface area contributed by atoms with Crippen LogP contribution in [0, 0.1) is 5.92 Å². The number of hydrogen-bond acceptors (Lipinski definition) is 4. The first-order chi connectivity index (χ1) is 13.6. The van der Waals surface area contributed by atoms with E-state index in [-0.39, 0.29) is 16.8 Å². The molecule has 1 N–H and O–H groups in total. The van der Waals surface area contributed by atoms with Gasteiger partial charge in [-0.3, -0.25) is 9.63 Å². The second-order valence-corrected chi connectivity index (χ2v) is 9.54. The average Bonchev–Trinajstić information content (AvgIpc) is 2.70. The molecule has 0 saturated carbocycles. The van der Waals surface area contributed by atoms with Crippen molar-refractivity contribution >= 4 is 27.5 Å². The first-order valence-electron chi connectivity index (χ1n) is 9.34. The Morgan fingerprint density at radius 3 is 2.17 bits per heavy atom. The molecule has 0 radical (unpaired) electrons. The summed E-state index contributed by atoms with van der Waals surface area (Å²) in [5.74, 6) is 0.238. The second kappa shape index (κ2) is 10.2. The van der Waals surface area contributed by atoms with Gasteiger partial charge in [-0.15, -0.1) is 0 Å². The summed E-state index contributed by atoms with van der Waals surface area (Å²) in [5.41, 5.74) is 1.36. The second-order valence-electron chi connectivity index (χ2n) is 7.17. The maximum absolute atomic E-state index is 12.8. The lowest BCUT2D eigenvalue weighted by Gasteiger charge is -2.21. The molecular formula is C21H27ClN2O4S. The van der Waals surface area contributed by atoms with Crippen LogP contribution in [-0.2, 0) is 14.9 Å². The molecule has 158 valence electrons. The summed E-state index contributed by atoms with van der Waals surface area (Å²) in [5, 5.41) is 3.69. The third-order valence-electron chi connectivity index (χ3n) is 4.62. The molecule has 0 fully saturated rings. The van der Waals surface area contributed by atoms with E-state index in [4.69, 9.17) is 16.4 Å². The molecule has 0 spiro atoms. The van der Waals surface area contributed by atoms with Crippen LogP contribution in [0.5, 0.6) is 0 Å². The Kier molecular flexibility index (Phi) is 8.22. The van der Waals surface area contributed by atoms with Gasteiger partial charge in [0, 0.05) is 17.6 Å². The number of sulfonamides is 1. The van der Waals surface area contributed by atoms with Crippen molar-refractivity contribution < 1.29 is 18.0 Å². The van der Waals surface area contributed by atoms with E-state index in [0.717, 1.165) is 22.9 Å². The SMILES string of the molecule is CON(C)S(=O)(=O)c1ccc(C(=O)NC(CCC(C)C)c2ccc(Cl)cc2)cc1. The summed E-state index contributed by atoms with van der Waals surface area (Å²) in [6.07, 6.45) is 1.74. The quantitative estimate of drug-likeness (QED) is 0.587. The van der Waals surface area contributed by atoms with E-state index < -0.39 is 10.0 Å². The summed E-state index contributed by atoms with van der Waals surface area (Å²) in [6.45, 7) is 4.27. The predicted octanol–water partition coefficient (Wildman–Crippen LogP) is 4.43. The van der Waals surface area contributed by atoms with Crippen LogP contribution in [0.1, 0.15) is 48.7 Å². The third-order valence-corrected chi connectivity index (χ3v) is 6.57. The summed E-state index contributed by atoms with van der Waals surface area (Å²) in [7, 11) is -1.17. The first kappa shape index (κ1) is 23.3. The number of rotatable bonds is 9. The predicted molar refractivity (Wildman–Crippen MR) is 114 cm³/mol. The van der Waals surface area contributed by atoms with E-state index in [9.17, 15) is 13.2 Å². The van der Waals surface area contributed by atoms with Crippen LogP contribution in [0.15, 0.2) is 53.4 Å². The van der Waals surface area contributed by atoms with Gasteiger partial charge in [-0.05, 0) is 60.7 Å². The smallest absolute Gasteiger partial charge is 0.264 e. The lowest BCUT2D eigenvalue weighted by atomic mass is 9.97. The Balaban J connectivity index is 2.19. The van der Waals surface area contributed by atoms with Gasteiger partial charge in [-0.25, -0.2) is 8.42 Å². The molecule has 8 heteroatoms. The van der Waals surface area contributed by atoms with Crippen molar-refractivity contribution in [3.63, 3.8) is 0 Å². The maximum Gasteiger partial charge on any atom is 0.264 e. The van der Waals surface area contributed by atoms with E-state index in [1.807, 2.05) is 12.1 Å². The summed E-state index contributed by atoms with van der Waals surface area (Å²) in [6, 6.07) is 13.0. The molecule has 0 aliphatic carbocycles. The van der Waals surface area contributed by atoms with Gasteiger partial charge in [-0.2, -0.15) is 0 Å². The zero-order valence-electron chi connectivity index (χ0n) is 17.1. The molecule has 0 saturated heterocycles. The normalized spacial score (nSPS) is 12.9. The summed E-state index contributed by atoms with van der Waals surface area (Å²) in [4.78, 5) is 17.6. The molecule has 0 aliphatic rings. The Labute approximate surface area is 177 Å². The Morgan fingerprint density at radius 1 is 1.07 bits per heavy atom. The van der Waals surface area contributed by atoms with Gasteiger partial charge in [0.15, 0.2) is 0 Å². The number of carbonyl (C=O) groups is 1. The lowest BCUT2D eigenvalue weighted by Crippen LogP contribution is -2.29. The minimum Gasteiger partial charge on any atom is -0.345 e. The molecule has 2 aromatic carbocycles. The fraction of sp³-hybridized carbons (Fsp3) is 0.381. The molecule has 0 bridgehead atoms. The van der Waals surface area contributed by atoms with E-state index in [1.54, 1.807) is 12.1 Å². The fourth-order valence-corrected chi connectivity index (χ4v) is 3.88. The highest BCUT2D eigenvalue weighted by atomic mass is 35.5. The number of nitrogens with zero attached hydrogens (tertiary/aromatic N) is 1. The van der Waals surface area contributed by atoms with E-state index in [1.165, 1.54) is 38.4 Å². The number of halogens is 1. The number of benzene rings is 2. The lowest BCUT2D eigenvalue weighted by molar-refractivity contribution is -0.0258. The Hall–Kier alpha value is -1.93. The van der Waals surface area contributed by atoms with Crippen LogP contribution < -0.4 is 5.32 Å². The zero-order valence-corrected chi connectivity index (χ0v) is 18.6. The van der Waals surface area contributed by atoms with Crippen LogP contribution in [0.4, 0.5) is 0 Å². The molecule has 2 aromatic rings. The number of nitrogens with one attached hydrogen (secondary N) is 1. The van der Waals surface area contributed by atoms with Crippen molar-refractivity contribution in [2.45, 2.75) is 37.6 Å². The molecule has 1 unspecified atom stereocenters. The first-order valence-corrected chi connectivity index (χ1v) is 11.2. The topological polar surface area (TPSA) is 75.7 Å². The number of amides is 1. The highest BCUT2D eigenvalue weighted by molar-refractivity contribution is 7.89. The molecule has 6 nitrogen and oxygen atoms in total. The molecule has 2 rings (SSSR count). The van der Waals surface area contributed by atoms with Crippen molar-refractivity contribution in [1.82, 2.24) is 9.79 Å². The van der Waals surface area contributed by atoms with Crippen LogP contribution in [0.2, 0.25) is 5.02 Å².